The number of aryl methyl sites for hydroxylation is 1. The molecule has 2 rings (SSSR count). The van der Waals surface area contributed by atoms with Crippen molar-refractivity contribution in [1.29, 1.82) is 0 Å². The Kier molecular flexibility index (Phi) is 5.73. The molecule has 2 N–H and O–H groups in total. The second-order valence-corrected chi connectivity index (χ2v) is 5.70. The van der Waals surface area contributed by atoms with Crippen LogP contribution in [0.2, 0.25) is 0 Å². The average molecular weight is 314 g/mol. The molecule has 0 spiro atoms. The van der Waals surface area contributed by atoms with Crippen LogP contribution in [0.4, 0.5) is 14.5 Å². The number of benzene rings is 1. The number of thiocarbonyl (C=S) groups is 1. The van der Waals surface area contributed by atoms with Crippen molar-refractivity contribution in [3.8, 4) is 5.75 Å². The van der Waals surface area contributed by atoms with E-state index in [2.05, 4.69) is 15.4 Å². The fraction of sp³-hybridized carbons (Fsp3) is 0.533. The van der Waals surface area contributed by atoms with Gasteiger partial charge in [-0.15, -0.1) is 0 Å². The zero-order chi connectivity index (χ0) is 15.2. The summed E-state index contributed by atoms with van der Waals surface area (Å²) in [7, 11) is 0. The quantitative estimate of drug-likeness (QED) is 0.816. The van der Waals surface area contributed by atoms with Crippen LogP contribution in [0, 0.1) is 6.92 Å². The molecule has 116 valence electrons. The van der Waals surface area contributed by atoms with Crippen LogP contribution >= 0.6 is 12.2 Å². The van der Waals surface area contributed by atoms with E-state index in [1.807, 2.05) is 6.92 Å². The fourth-order valence-electron chi connectivity index (χ4n) is 2.54. The first-order valence-electron chi connectivity index (χ1n) is 7.17. The molecule has 1 saturated carbocycles. The third-order valence-electron chi connectivity index (χ3n) is 3.61. The molecule has 3 nitrogen and oxygen atoms in total. The highest BCUT2D eigenvalue weighted by atomic mass is 32.1. The minimum Gasteiger partial charge on any atom is -0.435 e. The van der Waals surface area contributed by atoms with Crippen LogP contribution in [-0.4, -0.2) is 17.8 Å². The number of rotatable bonds is 4. The molecule has 0 atom stereocenters. The lowest BCUT2D eigenvalue weighted by molar-refractivity contribution is -0.0498. The minimum absolute atomic E-state index is 0.152. The van der Waals surface area contributed by atoms with Gasteiger partial charge in [-0.3, -0.25) is 0 Å². The lowest BCUT2D eigenvalue weighted by Crippen LogP contribution is -2.38. The molecule has 0 saturated heterocycles. The summed E-state index contributed by atoms with van der Waals surface area (Å²) in [6, 6.07) is 5.20. The Morgan fingerprint density at radius 1 is 1.29 bits per heavy atom. The van der Waals surface area contributed by atoms with Crippen molar-refractivity contribution >= 4 is 23.0 Å². The number of anilines is 1. The Bertz CT molecular complexity index is 491. The van der Waals surface area contributed by atoms with Crippen molar-refractivity contribution in [2.45, 2.75) is 51.7 Å². The van der Waals surface area contributed by atoms with Gasteiger partial charge in [0, 0.05) is 11.7 Å². The van der Waals surface area contributed by atoms with E-state index in [0.29, 0.717) is 11.2 Å². The topological polar surface area (TPSA) is 33.3 Å². The van der Waals surface area contributed by atoms with Gasteiger partial charge in [-0.05, 0) is 55.7 Å². The van der Waals surface area contributed by atoms with Crippen LogP contribution in [0.5, 0.6) is 5.75 Å². The molecule has 1 aliphatic carbocycles. The van der Waals surface area contributed by atoms with Gasteiger partial charge in [0.15, 0.2) is 5.11 Å². The molecule has 0 radical (unpaired) electrons. The number of halogens is 2. The standard InChI is InChI=1S/C15H20F2N2OS/c1-10-9-12(20-14(16)17)7-8-13(10)19-15(21)18-11-5-3-2-4-6-11/h7-9,11,14H,2-6H2,1H3,(H2,18,19,21). The zero-order valence-corrected chi connectivity index (χ0v) is 12.8. The first kappa shape index (κ1) is 15.9. The van der Waals surface area contributed by atoms with Gasteiger partial charge in [-0.2, -0.15) is 8.78 Å². The summed E-state index contributed by atoms with van der Waals surface area (Å²) >= 11 is 5.31. The van der Waals surface area contributed by atoms with Crippen molar-refractivity contribution in [3.63, 3.8) is 0 Å². The summed E-state index contributed by atoms with van der Waals surface area (Å²) in [5.74, 6) is 0.152. The number of ether oxygens (including phenoxy) is 1. The number of hydrogen-bond donors (Lipinski definition) is 2. The Labute approximate surface area is 129 Å². The van der Waals surface area contributed by atoms with Crippen LogP contribution in [-0.2, 0) is 0 Å². The smallest absolute Gasteiger partial charge is 0.387 e. The van der Waals surface area contributed by atoms with Gasteiger partial charge < -0.3 is 15.4 Å². The van der Waals surface area contributed by atoms with Crippen LogP contribution in [0.3, 0.4) is 0 Å². The molecule has 0 heterocycles. The molecular formula is C15H20F2N2OS. The zero-order valence-electron chi connectivity index (χ0n) is 12.0. The largest absolute Gasteiger partial charge is 0.435 e. The van der Waals surface area contributed by atoms with Crippen molar-refractivity contribution in [1.82, 2.24) is 5.32 Å². The van der Waals surface area contributed by atoms with Gasteiger partial charge in [0.1, 0.15) is 5.75 Å². The lowest BCUT2D eigenvalue weighted by Gasteiger charge is -2.24. The number of nitrogens with one attached hydrogen (secondary N) is 2. The van der Waals surface area contributed by atoms with Gasteiger partial charge in [-0.1, -0.05) is 19.3 Å². The van der Waals surface area contributed by atoms with Crippen molar-refractivity contribution in [2.24, 2.45) is 0 Å². The molecule has 1 aromatic rings. The lowest BCUT2D eigenvalue weighted by atomic mass is 9.96. The summed E-state index contributed by atoms with van der Waals surface area (Å²) in [6.07, 6.45) is 6.05. The highest BCUT2D eigenvalue weighted by molar-refractivity contribution is 7.80. The van der Waals surface area contributed by atoms with E-state index in [1.54, 1.807) is 12.1 Å². The number of hydrogen-bond acceptors (Lipinski definition) is 2. The van der Waals surface area contributed by atoms with Crippen LogP contribution in [0.1, 0.15) is 37.7 Å². The minimum atomic E-state index is -2.81. The third-order valence-corrected chi connectivity index (χ3v) is 3.83. The maximum absolute atomic E-state index is 12.2. The van der Waals surface area contributed by atoms with E-state index in [1.165, 1.54) is 25.3 Å². The molecule has 0 aromatic heterocycles. The highest BCUT2D eigenvalue weighted by Crippen LogP contribution is 2.23. The molecule has 6 heteroatoms. The molecule has 0 aliphatic heterocycles. The maximum atomic E-state index is 12.2. The highest BCUT2D eigenvalue weighted by Gasteiger charge is 2.14. The predicted molar refractivity (Wildman–Crippen MR) is 84.0 cm³/mol. The maximum Gasteiger partial charge on any atom is 0.387 e. The Balaban J connectivity index is 1.90. The second-order valence-electron chi connectivity index (χ2n) is 5.29. The van der Waals surface area contributed by atoms with Crippen LogP contribution in [0.15, 0.2) is 18.2 Å². The average Bonchev–Trinajstić information content (AvgIpc) is 2.42. The summed E-state index contributed by atoms with van der Waals surface area (Å²) in [5.41, 5.74) is 1.60. The molecule has 1 aromatic carbocycles. The van der Waals surface area contributed by atoms with Crippen molar-refractivity contribution < 1.29 is 13.5 Å². The fourth-order valence-corrected chi connectivity index (χ4v) is 2.82. The van der Waals surface area contributed by atoms with Gasteiger partial charge in [0.2, 0.25) is 0 Å². The van der Waals surface area contributed by atoms with E-state index in [0.717, 1.165) is 24.1 Å². The molecular weight excluding hydrogens is 294 g/mol. The van der Waals surface area contributed by atoms with E-state index >= 15 is 0 Å². The van der Waals surface area contributed by atoms with Crippen LogP contribution in [0.25, 0.3) is 0 Å². The van der Waals surface area contributed by atoms with E-state index in [9.17, 15) is 8.78 Å². The SMILES string of the molecule is Cc1cc(OC(F)F)ccc1NC(=S)NC1CCCCC1. The van der Waals surface area contributed by atoms with E-state index < -0.39 is 6.61 Å². The molecule has 21 heavy (non-hydrogen) atoms. The first-order valence-corrected chi connectivity index (χ1v) is 7.58. The summed E-state index contributed by atoms with van der Waals surface area (Å²) in [5, 5.41) is 7.00. The molecule has 0 bridgehead atoms. The van der Waals surface area contributed by atoms with E-state index in [4.69, 9.17) is 12.2 Å². The normalized spacial score (nSPS) is 15.8. The van der Waals surface area contributed by atoms with Gasteiger partial charge >= 0.3 is 6.61 Å². The predicted octanol–water partition coefficient (Wildman–Crippen LogP) is 4.22. The number of alkyl halides is 2. The molecule has 1 fully saturated rings. The van der Waals surface area contributed by atoms with Gasteiger partial charge in [0.05, 0.1) is 0 Å². The van der Waals surface area contributed by atoms with Crippen molar-refractivity contribution in [2.75, 3.05) is 5.32 Å². The second kappa shape index (κ2) is 7.54. The molecule has 0 amide bonds. The van der Waals surface area contributed by atoms with Gasteiger partial charge in [-0.25, -0.2) is 0 Å². The monoisotopic (exact) mass is 314 g/mol. The Morgan fingerprint density at radius 3 is 2.62 bits per heavy atom. The Hall–Kier alpha value is -1.43. The molecule has 1 aliphatic rings. The summed E-state index contributed by atoms with van der Waals surface area (Å²) in [4.78, 5) is 0. The van der Waals surface area contributed by atoms with E-state index in [-0.39, 0.29) is 5.75 Å². The van der Waals surface area contributed by atoms with Crippen molar-refractivity contribution in [3.05, 3.63) is 23.8 Å². The molecule has 0 unspecified atom stereocenters. The summed E-state index contributed by atoms with van der Waals surface area (Å²) < 4.78 is 28.7. The first-order chi connectivity index (χ1) is 10.0. The van der Waals surface area contributed by atoms with Gasteiger partial charge in [0.25, 0.3) is 0 Å². The van der Waals surface area contributed by atoms with Crippen LogP contribution < -0.4 is 15.4 Å². The Morgan fingerprint density at radius 2 is 2.00 bits per heavy atom. The third kappa shape index (κ3) is 5.12. The summed E-state index contributed by atoms with van der Waals surface area (Å²) in [6.45, 7) is -0.985.